The number of nitrogens with two attached hydrogens (primary N) is 2. The van der Waals surface area contributed by atoms with Crippen LogP contribution >= 0.6 is 23.1 Å². The average molecular weight is 691 g/mol. The first-order valence-corrected chi connectivity index (χ1v) is 16.4. The number of hydrogen-bond donors (Lipinski definition) is 3. The number of aromatic nitrogens is 1. The van der Waals surface area contributed by atoms with Gasteiger partial charge in [-0.05, 0) is 23.1 Å². The van der Waals surface area contributed by atoms with Crippen molar-refractivity contribution < 1.29 is 38.3 Å². The largest absolute Gasteiger partial charge is 0.449 e. The lowest BCUT2D eigenvalue weighted by atomic mass is 10.00. The topological polar surface area (TPSA) is 206 Å². The Hall–Kier alpha value is -5.48. The van der Waals surface area contributed by atoms with Gasteiger partial charge in [0.15, 0.2) is 16.9 Å². The minimum absolute atomic E-state index is 0.0132. The van der Waals surface area contributed by atoms with Crippen LogP contribution in [-0.2, 0) is 33.5 Å². The van der Waals surface area contributed by atoms with Gasteiger partial charge in [0.25, 0.3) is 11.8 Å². The van der Waals surface area contributed by atoms with Crippen LogP contribution in [0.1, 0.15) is 36.3 Å². The van der Waals surface area contributed by atoms with Gasteiger partial charge in [0, 0.05) is 18.1 Å². The molecule has 2 atom stereocenters. The van der Waals surface area contributed by atoms with E-state index >= 15 is 0 Å². The van der Waals surface area contributed by atoms with Crippen molar-refractivity contribution in [3.63, 3.8) is 0 Å². The Morgan fingerprint density at radius 1 is 1.10 bits per heavy atom. The van der Waals surface area contributed by atoms with Crippen LogP contribution in [0.3, 0.4) is 0 Å². The van der Waals surface area contributed by atoms with Crippen molar-refractivity contribution in [3.8, 4) is 0 Å². The second kappa shape index (κ2) is 15.4. The van der Waals surface area contributed by atoms with Gasteiger partial charge in [-0.1, -0.05) is 78.0 Å². The molecule has 5 rings (SSSR count). The van der Waals surface area contributed by atoms with Crippen LogP contribution in [0, 0.1) is 0 Å². The summed E-state index contributed by atoms with van der Waals surface area (Å²) >= 11 is 2.36. The minimum atomic E-state index is -1.06. The SMILES string of the molecule is CC(=O)ON=C(C(=O)N[C@@H]1C(=O)N2C(C(=O)OC(c3ccccc3)c3ccccc3)=C(/C=C/CCOC(N)=O)CS[C@H]12)c1csc(N)n1. The van der Waals surface area contributed by atoms with E-state index in [-0.39, 0.29) is 34.6 Å². The van der Waals surface area contributed by atoms with Crippen LogP contribution in [0.4, 0.5) is 9.93 Å². The zero-order chi connectivity index (χ0) is 34.2. The Bertz CT molecular complexity index is 1750. The molecule has 0 aliphatic carbocycles. The average Bonchev–Trinajstić information content (AvgIpc) is 3.51. The molecule has 2 aromatic carbocycles. The number of rotatable bonds is 12. The van der Waals surface area contributed by atoms with Crippen LogP contribution in [0.2, 0.25) is 0 Å². The number of benzene rings is 2. The predicted molar refractivity (Wildman–Crippen MR) is 177 cm³/mol. The molecule has 1 aromatic heterocycles. The summed E-state index contributed by atoms with van der Waals surface area (Å²) < 4.78 is 10.9. The van der Waals surface area contributed by atoms with E-state index < -0.39 is 47.4 Å². The van der Waals surface area contributed by atoms with E-state index in [0.29, 0.717) is 12.0 Å². The van der Waals surface area contributed by atoms with Gasteiger partial charge in [-0.15, -0.1) is 23.1 Å². The highest BCUT2D eigenvalue weighted by atomic mass is 32.2. The smallest absolute Gasteiger partial charge is 0.404 e. The number of carbonyl (C=O) groups excluding carboxylic acids is 5. The summed E-state index contributed by atoms with van der Waals surface area (Å²) in [7, 11) is 0. The number of thioether (sulfide) groups is 1. The molecular formula is C32H30N6O8S2. The van der Waals surface area contributed by atoms with Crippen molar-refractivity contribution in [2.45, 2.75) is 30.9 Å². The van der Waals surface area contributed by atoms with Crippen LogP contribution in [0.5, 0.6) is 0 Å². The van der Waals surface area contributed by atoms with Gasteiger partial charge in [0.05, 0.1) is 6.61 Å². The van der Waals surface area contributed by atoms with Crippen LogP contribution < -0.4 is 16.8 Å². The molecule has 0 radical (unpaired) electrons. The normalized spacial score (nSPS) is 17.5. The molecule has 0 spiro atoms. The fourth-order valence-electron chi connectivity index (χ4n) is 4.88. The Morgan fingerprint density at radius 2 is 1.77 bits per heavy atom. The summed E-state index contributed by atoms with van der Waals surface area (Å²) in [6, 6.07) is 17.3. The number of oxime groups is 1. The Balaban J connectivity index is 1.42. The molecule has 2 aliphatic rings. The van der Waals surface area contributed by atoms with E-state index in [1.54, 1.807) is 12.2 Å². The highest BCUT2D eigenvalue weighted by molar-refractivity contribution is 8.00. The summed E-state index contributed by atoms with van der Waals surface area (Å²) in [4.78, 5) is 73.5. The van der Waals surface area contributed by atoms with Gasteiger partial charge in [-0.3, -0.25) is 14.5 Å². The molecule has 16 heteroatoms. The third-order valence-electron chi connectivity index (χ3n) is 7.00. The monoisotopic (exact) mass is 690 g/mol. The number of β-lactam (4-membered cyclic amide) rings is 1. The molecule has 1 saturated heterocycles. The molecular weight excluding hydrogens is 661 g/mol. The fourth-order valence-corrected chi connectivity index (χ4v) is 6.75. The Kier molecular flexibility index (Phi) is 10.9. The van der Waals surface area contributed by atoms with E-state index in [4.69, 9.17) is 25.8 Å². The number of primary amides is 1. The van der Waals surface area contributed by atoms with Gasteiger partial charge >= 0.3 is 18.0 Å². The van der Waals surface area contributed by atoms with Gasteiger partial charge in [0.1, 0.15) is 22.8 Å². The molecule has 3 aromatic rings. The maximum absolute atomic E-state index is 14.1. The number of hydrogen-bond acceptors (Lipinski definition) is 13. The summed E-state index contributed by atoms with van der Waals surface area (Å²) in [5, 5.41) is 7.20. The summed E-state index contributed by atoms with van der Waals surface area (Å²) in [6.07, 6.45) is 1.97. The minimum Gasteiger partial charge on any atom is -0.449 e. The number of esters is 1. The lowest BCUT2D eigenvalue weighted by Crippen LogP contribution is -2.71. The van der Waals surface area contributed by atoms with E-state index in [1.807, 2.05) is 60.7 Å². The number of fused-ring (bicyclic) bond motifs is 1. The van der Waals surface area contributed by atoms with Crippen molar-refractivity contribution in [2.75, 3.05) is 18.1 Å². The Labute approximate surface area is 282 Å². The standard InChI is InChI=1S/C32H30N6O8S2/c1-18(39)46-37-23(22-17-48-31(33)35-22)27(40)36-24-28(41)38-25(21(16-47-29(24)38)14-8-9-15-44-32(34)43)30(42)45-26(19-10-4-2-5-11-19)20-12-6-3-7-13-20/h2-8,10-14,17,24,26,29H,9,15-16H2,1H3,(H2,33,35)(H2,34,43)(H,36,40)/b14-8+,37-23?/t24-,29-/m1/s1. The molecule has 3 amide bonds. The number of allylic oxidation sites excluding steroid dienone is 1. The number of nitrogens with one attached hydrogen (secondary N) is 1. The van der Waals surface area contributed by atoms with Crippen molar-refractivity contribution in [3.05, 3.63) is 106 Å². The van der Waals surface area contributed by atoms with Gasteiger partial charge in [0.2, 0.25) is 0 Å². The second-order valence-electron chi connectivity index (χ2n) is 10.3. The van der Waals surface area contributed by atoms with Crippen molar-refractivity contribution in [2.24, 2.45) is 10.9 Å². The predicted octanol–water partition coefficient (Wildman–Crippen LogP) is 3.02. The first-order valence-electron chi connectivity index (χ1n) is 14.5. The number of nitrogen functional groups attached to an aromatic ring is 1. The van der Waals surface area contributed by atoms with Gasteiger partial charge in [-0.25, -0.2) is 19.4 Å². The lowest BCUT2D eigenvalue weighted by molar-refractivity contribution is -0.154. The number of ether oxygens (including phenoxy) is 2. The van der Waals surface area contributed by atoms with E-state index in [2.05, 4.69) is 15.5 Å². The van der Waals surface area contributed by atoms with Crippen molar-refractivity contribution >= 4 is 63.8 Å². The third-order valence-corrected chi connectivity index (χ3v) is 8.98. The lowest BCUT2D eigenvalue weighted by Gasteiger charge is -2.49. The zero-order valence-electron chi connectivity index (χ0n) is 25.4. The fraction of sp³-hybridized carbons (Fsp3) is 0.219. The number of amides is 3. The first kappa shape index (κ1) is 33.9. The molecule has 248 valence electrons. The highest BCUT2D eigenvalue weighted by Crippen LogP contribution is 2.42. The van der Waals surface area contributed by atoms with Crippen LogP contribution in [0.25, 0.3) is 0 Å². The quantitative estimate of drug-likeness (QED) is 0.0629. The van der Waals surface area contributed by atoms with E-state index in [9.17, 15) is 24.0 Å². The molecule has 0 saturated carbocycles. The van der Waals surface area contributed by atoms with Crippen molar-refractivity contribution in [1.82, 2.24) is 15.2 Å². The van der Waals surface area contributed by atoms with Gasteiger partial charge < -0.3 is 31.1 Å². The number of nitrogens with zero attached hydrogens (tertiary/aromatic N) is 3. The highest BCUT2D eigenvalue weighted by Gasteiger charge is 2.54. The number of carbonyl (C=O) groups is 5. The molecule has 2 aliphatic heterocycles. The number of thiazole rings is 1. The molecule has 1 fully saturated rings. The van der Waals surface area contributed by atoms with E-state index in [1.165, 1.54) is 22.0 Å². The summed E-state index contributed by atoms with van der Waals surface area (Å²) in [6.45, 7) is 1.14. The van der Waals surface area contributed by atoms with Crippen LogP contribution in [0.15, 0.2) is 94.6 Å². The molecule has 0 unspecified atom stereocenters. The second-order valence-corrected chi connectivity index (χ2v) is 12.3. The maximum atomic E-state index is 14.1. The molecule has 3 heterocycles. The summed E-state index contributed by atoms with van der Waals surface area (Å²) in [5.74, 6) is -2.65. The van der Waals surface area contributed by atoms with E-state index in [0.717, 1.165) is 29.4 Å². The van der Waals surface area contributed by atoms with Crippen LogP contribution in [-0.4, -0.2) is 69.2 Å². The Morgan fingerprint density at radius 3 is 2.35 bits per heavy atom. The molecule has 0 bridgehead atoms. The maximum Gasteiger partial charge on any atom is 0.404 e. The number of anilines is 1. The van der Waals surface area contributed by atoms with Gasteiger partial charge in [-0.2, -0.15) is 0 Å². The van der Waals surface area contributed by atoms with Crippen molar-refractivity contribution in [1.29, 1.82) is 0 Å². The molecule has 48 heavy (non-hydrogen) atoms. The third kappa shape index (κ3) is 7.90. The first-order chi connectivity index (χ1) is 23.1. The summed E-state index contributed by atoms with van der Waals surface area (Å²) in [5.41, 5.74) is 12.4. The molecule has 5 N–H and O–H groups in total. The molecule has 14 nitrogen and oxygen atoms in total. The zero-order valence-corrected chi connectivity index (χ0v) is 27.1.